The van der Waals surface area contributed by atoms with E-state index in [1.54, 1.807) is 18.4 Å². The maximum atomic E-state index is 10.8. The molecule has 0 fully saturated rings. The number of carboxylic acids is 1. The van der Waals surface area contributed by atoms with Crippen molar-refractivity contribution in [2.24, 2.45) is 0 Å². The minimum atomic E-state index is -1.12. The Hall–Kier alpha value is -2.37. The lowest BCUT2D eigenvalue weighted by Crippen LogP contribution is -2.09. The summed E-state index contributed by atoms with van der Waals surface area (Å²) in [4.78, 5) is 18.4. The van der Waals surface area contributed by atoms with E-state index in [4.69, 9.17) is 9.52 Å². The number of hydrogen-bond donors (Lipinski definition) is 2. The van der Waals surface area contributed by atoms with Crippen LogP contribution in [0.2, 0.25) is 0 Å². The van der Waals surface area contributed by atoms with Gasteiger partial charge in [0.2, 0.25) is 0 Å². The number of aromatic carboxylic acids is 1. The van der Waals surface area contributed by atoms with Crippen LogP contribution in [0, 0.1) is 0 Å². The largest absolute Gasteiger partial charge is 0.476 e. The molecule has 0 spiro atoms. The predicted octanol–water partition coefficient (Wildman–Crippen LogP) is 1.38. The van der Waals surface area contributed by atoms with Crippen molar-refractivity contribution >= 4 is 11.8 Å². The van der Waals surface area contributed by atoms with Crippen LogP contribution in [0.1, 0.15) is 16.2 Å². The molecule has 2 aromatic heterocycles. The Bertz CT molecular complexity index is 482. The first-order chi connectivity index (χ1) is 7.77. The third kappa shape index (κ3) is 2.17. The lowest BCUT2D eigenvalue weighted by molar-refractivity contribution is 0.0691. The Morgan fingerprint density at radius 3 is 2.94 bits per heavy atom. The molecule has 16 heavy (non-hydrogen) atoms. The predicted molar refractivity (Wildman–Crippen MR) is 55.0 cm³/mol. The van der Waals surface area contributed by atoms with Crippen LogP contribution in [0.5, 0.6) is 0 Å². The first-order valence-corrected chi connectivity index (χ1v) is 4.58. The Balaban J connectivity index is 2.12. The van der Waals surface area contributed by atoms with Crippen molar-refractivity contribution in [2.45, 2.75) is 6.54 Å². The monoisotopic (exact) mass is 219 g/mol. The average molecular weight is 219 g/mol. The molecule has 0 saturated heterocycles. The molecule has 0 aliphatic heterocycles. The lowest BCUT2D eigenvalue weighted by atomic mass is 10.4. The number of carbonyl (C=O) groups is 1. The molecular weight excluding hydrogens is 210 g/mol. The molecule has 0 aliphatic carbocycles. The molecule has 0 unspecified atom stereocenters. The second kappa shape index (κ2) is 4.43. The number of nitrogens with zero attached hydrogens (tertiary/aromatic N) is 2. The summed E-state index contributed by atoms with van der Waals surface area (Å²) < 4.78 is 5.10. The van der Waals surface area contributed by atoms with E-state index in [1.165, 1.54) is 12.4 Å². The summed E-state index contributed by atoms with van der Waals surface area (Å²) >= 11 is 0. The standard InChI is InChI=1S/C10H9N3O3/c14-10(15)8-9(12-4-3-11-8)13-6-7-2-1-5-16-7/h1-5H,6H2,(H,12,13)(H,14,15). The van der Waals surface area contributed by atoms with Crippen LogP contribution < -0.4 is 5.32 Å². The number of carboxylic acid groups (broad SMARTS) is 1. The summed E-state index contributed by atoms with van der Waals surface area (Å²) in [5.74, 6) is -0.191. The first kappa shape index (κ1) is 10.2. The van der Waals surface area contributed by atoms with Crippen molar-refractivity contribution in [2.75, 3.05) is 5.32 Å². The minimum absolute atomic E-state index is 0.103. The van der Waals surface area contributed by atoms with Crippen molar-refractivity contribution < 1.29 is 14.3 Å². The minimum Gasteiger partial charge on any atom is -0.476 e. The van der Waals surface area contributed by atoms with Gasteiger partial charge in [0.05, 0.1) is 12.8 Å². The molecule has 2 N–H and O–H groups in total. The second-order valence-corrected chi connectivity index (χ2v) is 2.99. The number of nitrogens with one attached hydrogen (secondary N) is 1. The average Bonchev–Trinajstić information content (AvgIpc) is 2.79. The Labute approximate surface area is 91.0 Å². The molecule has 2 aromatic rings. The highest BCUT2D eigenvalue weighted by molar-refractivity contribution is 5.90. The fourth-order valence-corrected chi connectivity index (χ4v) is 1.21. The normalized spacial score (nSPS) is 10.0. The van der Waals surface area contributed by atoms with Gasteiger partial charge in [-0.15, -0.1) is 0 Å². The van der Waals surface area contributed by atoms with Crippen molar-refractivity contribution in [3.8, 4) is 0 Å². The molecule has 6 heteroatoms. The summed E-state index contributed by atoms with van der Waals surface area (Å²) in [6.45, 7) is 0.367. The van der Waals surface area contributed by atoms with Crippen LogP contribution in [0.15, 0.2) is 35.2 Å². The smallest absolute Gasteiger partial charge is 0.358 e. The van der Waals surface area contributed by atoms with Gasteiger partial charge in [-0.1, -0.05) is 0 Å². The van der Waals surface area contributed by atoms with Crippen LogP contribution in [0.3, 0.4) is 0 Å². The van der Waals surface area contributed by atoms with Gasteiger partial charge in [0.1, 0.15) is 5.76 Å². The molecule has 0 radical (unpaired) electrons. The van der Waals surface area contributed by atoms with E-state index < -0.39 is 5.97 Å². The molecule has 0 aliphatic rings. The summed E-state index contributed by atoms with van der Waals surface area (Å²) in [5.41, 5.74) is -0.103. The molecule has 0 amide bonds. The molecule has 0 saturated carbocycles. The van der Waals surface area contributed by atoms with Gasteiger partial charge in [-0.3, -0.25) is 0 Å². The first-order valence-electron chi connectivity index (χ1n) is 4.58. The van der Waals surface area contributed by atoms with E-state index in [-0.39, 0.29) is 11.5 Å². The molecule has 82 valence electrons. The molecule has 0 atom stereocenters. The summed E-state index contributed by atoms with van der Waals surface area (Å²) in [5, 5.41) is 11.7. The fourth-order valence-electron chi connectivity index (χ4n) is 1.21. The highest BCUT2D eigenvalue weighted by atomic mass is 16.4. The van der Waals surface area contributed by atoms with Crippen molar-refractivity contribution in [3.63, 3.8) is 0 Å². The quantitative estimate of drug-likeness (QED) is 0.807. The topological polar surface area (TPSA) is 88.2 Å². The maximum absolute atomic E-state index is 10.8. The zero-order chi connectivity index (χ0) is 11.4. The van der Waals surface area contributed by atoms with Crippen molar-refractivity contribution in [1.82, 2.24) is 9.97 Å². The zero-order valence-electron chi connectivity index (χ0n) is 8.25. The Kier molecular flexibility index (Phi) is 2.81. The third-order valence-electron chi connectivity index (χ3n) is 1.91. The number of hydrogen-bond acceptors (Lipinski definition) is 5. The lowest BCUT2D eigenvalue weighted by Gasteiger charge is -2.05. The maximum Gasteiger partial charge on any atom is 0.358 e. The van der Waals surface area contributed by atoms with E-state index in [2.05, 4.69) is 15.3 Å². The van der Waals surface area contributed by atoms with Gasteiger partial charge in [-0.2, -0.15) is 0 Å². The van der Waals surface area contributed by atoms with E-state index in [1.807, 2.05) is 0 Å². The molecule has 0 bridgehead atoms. The van der Waals surface area contributed by atoms with Gasteiger partial charge in [-0.05, 0) is 12.1 Å². The molecule has 2 heterocycles. The molecule has 2 rings (SSSR count). The van der Waals surface area contributed by atoms with E-state index in [0.29, 0.717) is 12.3 Å². The number of anilines is 1. The fraction of sp³-hybridized carbons (Fsp3) is 0.100. The van der Waals surface area contributed by atoms with Crippen molar-refractivity contribution in [3.05, 3.63) is 42.2 Å². The highest BCUT2D eigenvalue weighted by Gasteiger charge is 2.12. The second-order valence-electron chi connectivity index (χ2n) is 2.99. The van der Waals surface area contributed by atoms with E-state index in [9.17, 15) is 4.79 Å². The van der Waals surface area contributed by atoms with E-state index >= 15 is 0 Å². The Morgan fingerprint density at radius 2 is 2.25 bits per heavy atom. The van der Waals surface area contributed by atoms with Gasteiger partial charge in [0.15, 0.2) is 11.5 Å². The van der Waals surface area contributed by atoms with E-state index in [0.717, 1.165) is 0 Å². The summed E-state index contributed by atoms with van der Waals surface area (Å²) in [7, 11) is 0. The van der Waals surface area contributed by atoms with Crippen LogP contribution in [0.25, 0.3) is 0 Å². The number of rotatable bonds is 4. The number of furan rings is 1. The van der Waals surface area contributed by atoms with Crippen LogP contribution in [0.4, 0.5) is 5.82 Å². The van der Waals surface area contributed by atoms with Gasteiger partial charge in [0.25, 0.3) is 0 Å². The van der Waals surface area contributed by atoms with Gasteiger partial charge in [0, 0.05) is 12.4 Å². The third-order valence-corrected chi connectivity index (χ3v) is 1.91. The Morgan fingerprint density at radius 1 is 1.44 bits per heavy atom. The van der Waals surface area contributed by atoms with Gasteiger partial charge >= 0.3 is 5.97 Å². The highest BCUT2D eigenvalue weighted by Crippen LogP contribution is 2.10. The van der Waals surface area contributed by atoms with Crippen LogP contribution >= 0.6 is 0 Å². The van der Waals surface area contributed by atoms with Gasteiger partial charge in [-0.25, -0.2) is 14.8 Å². The summed E-state index contributed by atoms with van der Waals surface area (Å²) in [6, 6.07) is 3.54. The molecular formula is C10H9N3O3. The van der Waals surface area contributed by atoms with Crippen LogP contribution in [-0.2, 0) is 6.54 Å². The summed E-state index contributed by atoms with van der Waals surface area (Å²) in [6.07, 6.45) is 4.31. The molecule has 6 nitrogen and oxygen atoms in total. The SMILES string of the molecule is O=C(O)c1nccnc1NCc1ccco1. The number of aromatic nitrogens is 2. The van der Waals surface area contributed by atoms with Crippen molar-refractivity contribution in [1.29, 1.82) is 0 Å². The van der Waals surface area contributed by atoms with Crippen LogP contribution in [-0.4, -0.2) is 21.0 Å². The van der Waals surface area contributed by atoms with Gasteiger partial charge < -0.3 is 14.8 Å². The zero-order valence-corrected chi connectivity index (χ0v) is 8.25. The molecule has 0 aromatic carbocycles.